The summed E-state index contributed by atoms with van der Waals surface area (Å²) in [5.41, 5.74) is 1.39. The van der Waals surface area contributed by atoms with Crippen LogP contribution in [0.4, 0.5) is 13.2 Å². The molecule has 0 radical (unpaired) electrons. The van der Waals surface area contributed by atoms with Crippen LogP contribution in [0, 0.1) is 0 Å². The van der Waals surface area contributed by atoms with Gasteiger partial charge in [-0.3, -0.25) is 0 Å². The van der Waals surface area contributed by atoms with Gasteiger partial charge in [0.2, 0.25) is 0 Å². The molecule has 2 rings (SSSR count). The lowest BCUT2D eigenvalue weighted by Crippen LogP contribution is -2.30. The second kappa shape index (κ2) is 3.97. The van der Waals surface area contributed by atoms with Crippen molar-refractivity contribution in [1.29, 1.82) is 0 Å². The molecule has 0 aliphatic carbocycles. The number of aliphatic hydroxyl groups excluding tert-OH is 1. The summed E-state index contributed by atoms with van der Waals surface area (Å²) >= 11 is 0. The maximum absolute atomic E-state index is 12.1. The van der Waals surface area contributed by atoms with Gasteiger partial charge >= 0.3 is 6.18 Å². The summed E-state index contributed by atoms with van der Waals surface area (Å²) in [5, 5.41) is 8.93. The van der Waals surface area contributed by atoms with Crippen molar-refractivity contribution in [2.24, 2.45) is 0 Å². The van der Waals surface area contributed by atoms with Gasteiger partial charge in [0.1, 0.15) is 5.75 Å². The number of halogens is 3. The molecular weight excluding hydrogens is 221 g/mol. The van der Waals surface area contributed by atoms with Gasteiger partial charge in [-0.15, -0.1) is 0 Å². The van der Waals surface area contributed by atoms with Gasteiger partial charge in [0.15, 0.2) is 6.10 Å². The molecular formula is C11H11F3O2. The van der Waals surface area contributed by atoms with Crippen LogP contribution in [-0.4, -0.2) is 24.0 Å². The van der Waals surface area contributed by atoms with E-state index in [1.54, 1.807) is 18.2 Å². The fourth-order valence-corrected chi connectivity index (χ4v) is 1.71. The Balaban J connectivity index is 2.11. The normalized spacial score (nSPS) is 16.8. The molecule has 0 amide bonds. The first kappa shape index (κ1) is 11.3. The van der Waals surface area contributed by atoms with Crippen molar-refractivity contribution >= 4 is 0 Å². The van der Waals surface area contributed by atoms with E-state index in [0.29, 0.717) is 18.6 Å². The molecule has 0 saturated carbocycles. The van der Waals surface area contributed by atoms with Crippen molar-refractivity contribution < 1.29 is 23.0 Å². The summed E-state index contributed by atoms with van der Waals surface area (Å²) in [6.45, 7) is 0.570. The number of hydrogen-bond acceptors (Lipinski definition) is 2. The number of rotatable bonds is 2. The van der Waals surface area contributed by atoms with E-state index in [1.807, 2.05) is 0 Å². The summed E-state index contributed by atoms with van der Waals surface area (Å²) in [7, 11) is 0. The zero-order chi connectivity index (χ0) is 11.8. The Bertz CT molecular complexity index is 387. The number of aliphatic hydroxyl groups is 1. The van der Waals surface area contributed by atoms with E-state index in [4.69, 9.17) is 9.84 Å². The molecule has 1 unspecified atom stereocenters. The maximum Gasteiger partial charge on any atom is 0.414 e. The average Bonchev–Trinajstić information content (AvgIpc) is 2.63. The van der Waals surface area contributed by atoms with Gasteiger partial charge in [0.05, 0.1) is 6.61 Å². The minimum absolute atomic E-state index is 0.406. The standard InChI is InChI=1S/C11H11F3O2/c12-11(13,14)10(15)6-7-1-2-9-8(5-7)3-4-16-9/h1-2,5,10,15H,3-4,6H2. The molecule has 0 bridgehead atoms. The highest BCUT2D eigenvalue weighted by molar-refractivity contribution is 5.40. The first-order valence-electron chi connectivity index (χ1n) is 4.96. The second-order valence-corrected chi connectivity index (χ2v) is 3.80. The van der Waals surface area contributed by atoms with Crippen molar-refractivity contribution in [3.63, 3.8) is 0 Å². The molecule has 1 aromatic rings. The van der Waals surface area contributed by atoms with Crippen molar-refractivity contribution in [1.82, 2.24) is 0 Å². The van der Waals surface area contributed by atoms with Crippen LogP contribution in [0.25, 0.3) is 0 Å². The Hall–Kier alpha value is -1.23. The first-order valence-corrected chi connectivity index (χ1v) is 4.96. The maximum atomic E-state index is 12.1. The van der Waals surface area contributed by atoms with Crippen molar-refractivity contribution in [2.75, 3.05) is 6.61 Å². The highest BCUT2D eigenvalue weighted by Gasteiger charge is 2.38. The number of fused-ring (bicyclic) bond motifs is 1. The van der Waals surface area contributed by atoms with Gasteiger partial charge in [-0.05, 0) is 17.2 Å². The van der Waals surface area contributed by atoms with E-state index >= 15 is 0 Å². The number of ether oxygens (including phenoxy) is 1. The molecule has 0 fully saturated rings. The van der Waals surface area contributed by atoms with Crippen LogP contribution in [0.1, 0.15) is 11.1 Å². The van der Waals surface area contributed by atoms with E-state index in [-0.39, 0.29) is 0 Å². The molecule has 2 nitrogen and oxygen atoms in total. The fraction of sp³-hybridized carbons (Fsp3) is 0.455. The molecule has 0 spiro atoms. The molecule has 5 heteroatoms. The molecule has 0 aromatic heterocycles. The van der Waals surface area contributed by atoms with Gasteiger partial charge in [-0.1, -0.05) is 12.1 Å². The Morgan fingerprint density at radius 3 is 2.81 bits per heavy atom. The summed E-state index contributed by atoms with van der Waals surface area (Å²) < 4.78 is 41.6. The van der Waals surface area contributed by atoms with E-state index in [2.05, 4.69) is 0 Å². The second-order valence-electron chi connectivity index (χ2n) is 3.80. The monoisotopic (exact) mass is 232 g/mol. The van der Waals surface area contributed by atoms with Crippen LogP contribution in [0.5, 0.6) is 5.75 Å². The number of benzene rings is 1. The third-order valence-corrected chi connectivity index (χ3v) is 2.56. The lowest BCUT2D eigenvalue weighted by atomic mass is 10.0. The van der Waals surface area contributed by atoms with Gasteiger partial charge < -0.3 is 9.84 Å². The summed E-state index contributed by atoms with van der Waals surface area (Å²) in [6, 6.07) is 4.87. The highest BCUT2D eigenvalue weighted by atomic mass is 19.4. The molecule has 1 aliphatic heterocycles. The van der Waals surface area contributed by atoms with Crippen LogP contribution >= 0.6 is 0 Å². The zero-order valence-corrected chi connectivity index (χ0v) is 8.42. The Kier molecular flexibility index (Phi) is 2.80. The number of alkyl halides is 3. The third kappa shape index (κ3) is 2.29. The van der Waals surface area contributed by atoms with Crippen LogP contribution in [0.15, 0.2) is 18.2 Å². The molecule has 0 saturated heterocycles. The average molecular weight is 232 g/mol. The Labute approximate surface area is 90.7 Å². The molecule has 16 heavy (non-hydrogen) atoms. The topological polar surface area (TPSA) is 29.5 Å². The minimum Gasteiger partial charge on any atom is -0.493 e. The van der Waals surface area contributed by atoms with E-state index in [0.717, 1.165) is 11.3 Å². The number of hydrogen-bond donors (Lipinski definition) is 1. The predicted octanol–water partition coefficient (Wildman–Crippen LogP) is 2.09. The quantitative estimate of drug-likeness (QED) is 0.846. The van der Waals surface area contributed by atoms with Gasteiger partial charge in [-0.25, -0.2) is 0 Å². The van der Waals surface area contributed by atoms with E-state index in [9.17, 15) is 13.2 Å². The molecule has 1 heterocycles. The SMILES string of the molecule is OC(Cc1ccc2c(c1)CCO2)C(F)(F)F. The highest BCUT2D eigenvalue weighted by Crippen LogP contribution is 2.28. The molecule has 1 aromatic carbocycles. The smallest absolute Gasteiger partial charge is 0.414 e. The van der Waals surface area contributed by atoms with Crippen molar-refractivity contribution in [3.8, 4) is 5.75 Å². The van der Waals surface area contributed by atoms with E-state index in [1.165, 1.54) is 0 Å². The lowest BCUT2D eigenvalue weighted by Gasteiger charge is -2.14. The zero-order valence-electron chi connectivity index (χ0n) is 8.42. The molecule has 1 atom stereocenters. The van der Waals surface area contributed by atoms with Crippen LogP contribution in [0.2, 0.25) is 0 Å². The molecule has 1 aliphatic rings. The molecule has 88 valence electrons. The van der Waals surface area contributed by atoms with Crippen LogP contribution in [0.3, 0.4) is 0 Å². The van der Waals surface area contributed by atoms with Crippen LogP contribution in [-0.2, 0) is 12.8 Å². The minimum atomic E-state index is -4.56. The Morgan fingerprint density at radius 2 is 2.12 bits per heavy atom. The third-order valence-electron chi connectivity index (χ3n) is 2.56. The van der Waals surface area contributed by atoms with Gasteiger partial charge in [0, 0.05) is 12.8 Å². The largest absolute Gasteiger partial charge is 0.493 e. The summed E-state index contributed by atoms with van der Waals surface area (Å²) in [4.78, 5) is 0. The van der Waals surface area contributed by atoms with E-state index < -0.39 is 18.7 Å². The Morgan fingerprint density at radius 1 is 1.38 bits per heavy atom. The lowest BCUT2D eigenvalue weighted by molar-refractivity contribution is -0.203. The first-order chi connectivity index (χ1) is 7.47. The molecule has 1 N–H and O–H groups in total. The van der Waals surface area contributed by atoms with Gasteiger partial charge in [-0.2, -0.15) is 13.2 Å². The fourth-order valence-electron chi connectivity index (χ4n) is 1.71. The predicted molar refractivity (Wildman–Crippen MR) is 51.4 cm³/mol. The van der Waals surface area contributed by atoms with Crippen LogP contribution < -0.4 is 4.74 Å². The summed E-state index contributed by atoms with van der Waals surface area (Å²) in [6.07, 6.45) is -6.55. The van der Waals surface area contributed by atoms with Crippen molar-refractivity contribution in [3.05, 3.63) is 29.3 Å². The van der Waals surface area contributed by atoms with Crippen molar-refractivity contribution in [2.45, 2.75) is 25.1 Å². The van der Waals surface area contributed by atoms with Gasteiger partial charge in [0.25, 0.3) is 0 Å². The summed E-state index contributed by atoms with van der Waals surface area (Å²) in [5.74, 6) is 0.727.